The highest BCUT2D eigenvalue weighted by Gasteiger charge is 2.24. The summed E-state index contributed by atoms with van der Waals surface area (Å²) in [6, 6.07) is 9.24. The van der Waals surface area contributed by atoms with Crippen LogP contribution in [0.4, 0.5) is 0 Å². The average molecular weight is 495 g/mol. The van der Waals surface area contributed by atoms with Crippen LogP contribution in [-0.2, 0) is 41.0 Å². The van der Waals surface area contributed by atoms with Crippen LogP contribution in [0.5, 0.6) is 0 Å². The average Bonchev–Trinajstić information content (AvgIpc) is 3.39. The summed E-state index contributed by atoms with van der Waals surface area (Å²) in [5.41, 5.74) is 2.07. The van der Waals surface area contributed by atoms with Crippen LogP contribution in [0.3, 0.4) is 0 Å². The van der Waals surface area contributed by atoms with Crippen molar-refractivity contribution >= 4 is 22.9 Å². The molecule has 3 aromatic heterocycles. The molecule has 4 heterocycles. The molecule has 1 saturated heterocycles. The van der Waals surface area contributed by atoms with E-state index in [2.05, 4.69) is 9.47 Å². The summed E-state index contributed by atoms with van der Waals surface area (Å²) in [5, 5.41) is 0. The lowest BCUT2D eigenvalue weighted by Crippen LogP contribution is -2.41. The zero-order chi connectivity index (χ0) is 25.4. The van der Waals surface area contributed by atoms with Crippen LogP contribution in [0, 0.1) is 13.8 Å². The Kier molecular flexibility index (Phi) is 6.50. The van der Waals surface area contributed by atoms with E-state index >= 15 is 0 Å². The maximum absolute atomic E-state index is 13.5. The number of morpholine rings is 1. The number of carbonyl (C=O) groups is 1. The Labute approximate surface area is 207 Å². The van der Waals surface area contributed by atoms with Gasteiger partial charge in [-0.3, -0.25) is 23.5 Å². The molecule has 36 heavy (non-hydrogen) atoms. The Morgan fingerprint density at radius 2 is 1.75 bits per heavy atom. The molecule has 0 N–H and O–H groups in total. The number of nitrogens with zero attached hydrogens (tertiary/aromatic N) is 6. The first-order chi connectivity index (χ1) is 17.4. The van der Waals surface area contributed by atoms with Gasteiger partial charge in [0.15, 0.2) is 11.2 Å². The highest BCUT2D eigenvalue weighted by molar-refractivity contribution is 5.77. The number of hydrogen-bond donors (Lipinski definition) is 0. The SMILES string of the molecule is Cc1c(C)n2c3c(=O)n(CC(=O)OCc4ccccc4)c(=O)n(C)c3nc2n1CCN1CCOCC1. The number of aromatic nitrogens is 5. The molecular formula is C25H30N6O5. The molecule has 0 aliphatic carbocycles. The van der Waals surface area contributed by atoms with E-state index in [1.54, 1.807) is 11.4 Å². The van der Waals surface area contributed by atoms with Gasteiger partial charge in [-0.1, -0.05) is 30.3 Å². The lowest BCUT2D eigenvalue weighted by Gasteiger charge is -2.26. The van der Waals surface area contributed by atoms with Crippen molar-refractivity contribution in [2.24, 2.45) is 7.05 Å². The first kappa shape index (κ1) is 24.0. The van der Waals surface area contributed by atoms with E-state index in [0.717, 1.165) is 54.4 Å². The lowest BCUT2D eigenvalue weighted by atomic mass is 10.2. The van der Waals surface area contributed by atoms with Crippen molar-refractivity contribution in [3.8, 4) is 0 Å². The molecule has 11 heteroatoms. The maximum Gasteiger partial charge on any atom is 0.333 e. The monoisotopic (exact) mass is 494 g/mol. The van der Waals surface area contributed by atoms with Crippen molar-refractivity contribution in [2.45, 2.75) is 33.5 Å². The van der Waals surface area contributed by atoms with Crippen molar-refractivity contribution in [2.75, 3.05) is 32.8 Å². The second kappa shape index (κ2) is 9.75. The fourth-order valence-electron chi connectivity index (χ4n) is 4.70. The molecule has 0 atom stereocenters. The molecule has 1 aromatic carbocycles. The van der Waals surface area contributed by atoms with Crippen LogP contribution in [0.25, 0.3) is 16.9 Å². The third-order valence-corrected chi connectivity index (χ3v) is 6.90. The lowest BCUT2D eigenvalue weighted by molar-refractivity contribution is -0.145. The summed E-state index contributed by atoms with van der Waals surface area (Å²) < 4.78 is 16.8. The minimum absolute atomic E-state index is 0.0677. The van der Waals surface area contributed by atoms with Crippen LogP contribution in [0.2, 0.25) is 0 Å². The fraction of sp³-hybridized carbons (Fsp3) is 0.440. The highest BCUT2D eigenvalue weighted by Crippen LogP contribution is 2.20. The minimum Gasteiger partial charge on any atom is -0.459 e. The van der Waals surface area contributed by atoms with Crippen molar-refractivity contribution < 1.29 is 14.3 Å². The second-order valence-electron chi connectivity index (χ2n) is 9.08. The number of ether oxygens (including phenoxy) is 2. The maximum atomic E-state index is 13.5. The fourth-order valence-corrected chi connectivity index (χ4v) is 4.70. The molecule has 1 aliphatic rings. The van der Waals surface area contributed by atoms with E-state index in [9.17, 15) is 14.4 Å². The van der Waals surface area contributed by atoms with Gasteiger partial charge >= 0.3 is 11.7 Å². The van der Waals surface area contributed by atoms with E-state index < -0.39 is 23.8 Å². The van der Waals surface area contributed by atoms with Crippen molar-refractivity contribution in [3.05, 3.63) is 68.1 Å². The van der Waals surface area contributed by atoms with Gasteiger partial charge < -0.3 is 14.0 Å². The molecule has 0 spiro atoms. The third-order valence-electron chi connectivity index (χ3n) is 6.90. The van der Waals surface area contributed by atoms with E-state index in [1.165, 1.54) is 4.57 Å². The normalized spacial score (nSPS) is 14.6. The molecule has 0 unspecified atom stereocenters. The molecule has 4 aromatic rings. The largest absolute Gasteiger partial charge is 0.459 e. The van der Waals surface area contributed by atoms with Gasteiger partial charge in [-0.05, 0) is 19.4 Å². The topological polar surface area (TPSA) is 105 Å². The molecule has 190 valence electrons. The van der Waals surface area contributed by atoms with Gasteiger partial charge in [-0.25, -0.2) is 9.36 Å². The van der Waals surface area contributed by atoms with Gasteiger partial charge in [0, 0.05) is 44.6 Å². The standard InChI is InChI=1S/C25H30N6O5/c1-17-18(2)31-21-22(26-24(31)29(17)10-9-28-11-13-35-14-12-28)27(3)25(34)30(23(21)33)15-20(32)36-16-19-7-5-4-6-8-19/h4-8H,9-16H2,1-3H3. The Balaban J connectivity index is 1.49. The number of hydrogen-bond acceptors (Lipinski definition) is 7. The Morgan fingerprint density at radius 3 is 2.47 bits per heavy atom. The summed E-state index contributed by atoms with van der Waals surface area (Å²) in [6.45, 7) is 8.25. The van der Waals surface area contributed by atoms with Gasteiger partial charge in [-0.2, -0.15) is 4.98 Å². The molecule has 0 amide bonds. The molecule has 1 aliphatic heterocycles. The Hall–Kier alpha value is -3.70. The summed E-state index contributed by atoms with van der Waals surface area (Å²) in [5.74, 6) is -0.0566. The van der Waals surface area contributed by atoms with Crippen LogP contribution in [0.1, 0.15) is 17.0 Å². The third kappa shape index (κ3) is 4.24. The summed E-state index contributed by atoms with van der Waals surface area (Å²) in [6.07, 6.45) is 0. The smallest absolute Gasteiger partial charge is 0.333 e. The molecular weight excluding hydrogens is 464 g/mol. The zero-order valence-electron chi connectivity index (χ0n) is 20.8. The van der Waals surface area contributed by atoms with Gasteiger partial charge in [0.1, 0.15) is 13.2 Å². The van der Waals surface area contributed by atoms with Gasteiger partial charge in [0.05, 0.1) is 13.2 Å². The summed E-state index contributed by atoms with van der Waals surface area (Å²) in [7, 11) is 1.56. The highest BCUT2D eigenvalue weighted by atomic mass is 16.5. The molecule has 11 nitrogen and oxygen atoms in total. The molecule has 0 saturated carbocycles. The quantitative estimate of drug-likeness (QED) is 0.351. The predicted molar refractivity (Wildman–Crippen MR) is 133 cm³/mol. The van der Waals surface area contributed by atoms with E-state index in [0.29, 0.717) is 12.3 Å². The number of aryl methyl sites for hydroxylation is 2. The summed E-state index contributed by atoms with van der Waals surface area (Å²) >= 11 is 0. The van der Waals surface area contributed by atoms with Gasteiger partial charge in [0.25, 0.3) is 5.56 Å². The van der Waals surface area contributed by atoms with Crippen LogP contribution in [-0.4, -0.2) is 66.8 Å². The molecule has 5 rings (SSSR count). The molecule has 0 bridgehead atoms. The summed E-state index contributed by atoms with van der Waals surface area (Å²) in [4.78, 5) is 46.1. The Bertz CT molecular complexity index is 1540. The number of imidazole rings is 2. The number of esters is 1. The van der Waals surface area contributed by atoms with Gasteiger partial charge in [0.2, 0.25) is 5.78 Å². The van der Waals surface area contributed by atoms with E-state index in [-0.39, 0.29) is 17.8 Å². The number of rotatable bonds is 7. The first-order valence-corrected chi connectivity index (χ1v) is 12.0. The molecule has 1 fully saturated rings. The first-order valence-electron chi connectivity index (χ1n) is 12.0. The predicted octanol–water partition coefficient (Wildman–Crippen LogP) is 0.842. The number of fused-ring (bicyclic) bond motifs is 3. The van der Waals surface area contributed by atoms with Crippen LogP contribution in [0.15, 0.2) is 39.9 Å². The van der Waals surface area contributed by atoms with E-state index in [4.69, 9.17) is 14.5 Å². The van der Waals surface area contributed by atoms with Crippen LogP contribution < -0.4 is 11.2 Å². The van der Waals surface area contributed by atoms with Crippen LogP contribution >= 0.6 is 0 Å². The molecule has 0 radical (unpaired) electrons. The van der Waals surface area contributed by atoms with Gasteiger partial charge in [-0.15, -0.1) is 0 Å². The zero-order valence-corrected chi connectivity index (χ0v) is 20.8. The number of carbonyl (C=O) groups excluding carboxylic acids is 1. The van der Waals surface area contributed by atoms with E-state index in [1.807, 2.05) is 44.2 Å². The van der Waals surface area contributed by atoms with Crippen molar-refractivity contribution in [1.82, 2.24) is 28.0 Å². The van der Waals surface area contributed by atoms with Crippen molar-refractivity contribution in [1.29, 1.82) is 0 Å². The number of benzene rings is 1. The van der Waals surface area contributed by atoms with Crippen molar-refractivity contribution in [3.63, 3.8) is 0 Å². The second-order valence-corrected chi connectivity index (χ2v) is 9.08. The Morgan fingerprint density at radius 1 is 1.03 bits per heavy atom. The minimum atomic E-state index is -0.658.